The second-order valence-corrected chi connectivity index (χ2v) is 9.84. The van der Waals surface area contributed by atoms with Crippen molar-refractivity contribution < 1.29 is 26.8 Å². The predicted molar refractivity (Wildman–Crippen MR) is 127 cm³/mol. The summed E-state index contributed by atoms with van der Waals surface area (Å²) in [4.78, 5) is 18.5. The third-order valence-corrected chi connectivity index (χ3v) is 6.94. The fourth-order valence-corrected chi connectivity index (χ4v) is 4.27. The van der Waals surface area contributed by atoms with Crippen LogP contribution in [-0.2, 0) is 9.84 Å². The van der Waals surface area contributed by atoms with Gasteiger partial charge in [0.2, 0.25) is 0 Å². The van der Waals surface area contributed by atoms with Crippen molar-refractivity contribution in [1.82, 2.24) is 19.7 Å². The molecule has 0 aliphatic heterocycles. The number of hydrogen-bond acceptors (Lipinski definition) is 7. The molecule has 0 saturated heterocycles. The molecule has 8 nitrogen and oxygen atoms in total. The van der Waals surface area contributed by atoms with E-state index in [1.807, 2.05) is 0 Å². The minimum Gasteiger partial charge on any atom is -0.451 e. The van der Waals surface area contributed by atoms with Gasteiger partial charge in [-0.1, -0.05) is 13.0 Å². The molecule has 0 aliphatic carbocycles. The lowest BCUT2D eigenvalue weighted by Crippen LogP contribution is -2.09. The summed E-state index contributed by atoms with van der Waals surface area (Å²) in [5.41, 5.74) is 1.52. The average molecular weight is 509 g/mol. The highest BCUT2D eigenvalue weighted by Crippen LogP contribution is 2.33. The van der Waals surface area contributed by atoms with Crippen LogP contribution >= 0.6 is 0 Å². The molecule has 0 N–H and O–H groups in total. The molecule has 3 aromatic heterocycles. The van der Waals surface area contributed by atoms with E-state index in [-0.39, 0.29) is 22.3 Å². The summed E-state index contributed by atoms with van der Waals surface area (Å²) < 4.78 is 59.4. The molecule has 11 heteroatoms. The van der Waals surface area contributed by atoms with Crippen LogP contribution < -0.4 is 9.57 Å². The molecule has 0 aliphatic rings. The maximum absolute atomic E-state index is 14.1. The Labute approximate surface area is 204 Å². The number of rotatable bonds is 7. The Hall–Kier alpha value is -4.38. The number of pyridine rings is 1. The van der Waals surface area contributed by atoms with Crippen LogP contribution in [0.2, 0.25) is 0 Å². The molecule has 0 fully saturated rings. The number of nitrogens with zero attached hydrogens (tertiary/aromatic N) is 4. The first-order valence-electron chi connectivity index (χ1n) is 10.8. The first-order valence-corrected chi connectivity index (χ1v) is 12.4. The lowest BCUT2D eigenvalue weighted by Gasteiger charge is -2.13. The number of halogens is 2. The summed E-state index contributed by atoms with van der Waals surface area (Å²) in [5.74, 6) is -1.86. The van der Waals surface area contributed by atoms with Crippen molar-refractivity contribution >= 4 is 20.7 Å². The number of fused-ring (bicyclic) bond motifs is 1. The number of ether oxygens (including phenoxy) is 1. The second kappa shape index (κ2) is 9.34. The second-order valence-electron chi connectivity index (χ2n) is 7.61. The van der Waals surface area contributed by atoms with Gasteiger partial charge in [0.1, 0.15) is 17.1 Å². The van der Waals surface area contributed by atoms with Crippen LogP contribution in [0.5, 0.6) is 17.2 Å². The van der Waals surface area contributed by atoms with Crippen molar-refractivity contribution in [1.29, 1.82) is 0 Å². The molecule has 5 rings (SSSR count). The number of para-hydroxylation sites is 1. The van der Waals surface area contributed by atoms with Crippen molar-refractivity contribution in [2.75, 3.05) is 5.75 Å². The smallest absolute Gasteiger partial charge is 0.198 e. The fourth-order valence-electron chi connectivity index (χ4n) is 3.48. The summed E-state index contributed by atoms with van der Waals surface area (Å²) >= 11 is 0. The molecule has 36 heavy (non-hydrogen) atoms. The summed E-state index contributed by atoms with van der Waals surface area (Å²) in [6.07, 6.45) is 5.90. The summed E-state index contributed by atoms with van der Waals surface area (Å²) in [5, 5.41) is 0.654. The first-order chi connectivity index (χ1) is 17.4. The van der Waals surface area contributed by atoms with E-state index in [1.165, 1.54) is 48.4 Å². The molecule has 2 aromatic carbocycles. The van der Waals surface area contributed by atoms with Gasteiger partial charge in [-0.2, -0.15) is 4.73 Å². The standard InChI is InChI=1S/C25H18F2N4O4S/c1-2-36(32,33)24-9-8-18(14-30-24)35-31-22-13-17(34-25-19(26)4-3-5-20(25)27)7-6-16(22)12-23(31)21-15-28-10-11-29-21/h3-15H,2H2,1H3. The van der Waals surface area contributed by atoms with E-state index in [2.05, 4.69) is 15.0 Å². The van der Waals surface area contributed by atoms with Crippen LogP contribution in [-0.4, -0.2) is 33.9 Å². The van der Waals surface area contributed by atoms with Gasteiger partial charge in [0, 0.05) is 23.8 Å². The Morgan fingerprint density at radius 2 is 1.69 bits per heavy atom. The predicted octanol–water partition coefficient (Wildman–Crippen LogP) is 5.20. The van der Waals surface area contributed by atoms with Crippen LogP contribution in [0.15, 0.2) is 84.4 Å². The Kier molecular flexibility index (Phi) is 6.06. The van der Waals surface area contributed by atoms with Gasteiger partial charge in [-0.3, -0.25) is 9.97 Å². The third-order valence-electron chi connectivity index (χ3n) is 5.30. The van der Waals surface area contributed by atoms with Gasteiger partial charge < -0.3 is 9.57 Å². The van der Waals surface area contributed by atoms with E-state index in [4.69, 9.17) is 9.57 Å². The lowest BCUT2D eigenvalue weighted by atomic mass is 10.2. The Bertz CT molecular complexity index is 1640. The van der Waals surface area contributed by atoms with Gasteiger partial charge in [-0.25, -0.2) is 22.2 Å². The topological polar surface area (TPSA) is 96.2 Å². The van der Waals surface area contributed by atoms with Crippen LogP contribution in [0.1, 0.15) is 6.92 Å². The highest BCUT2D eigenvalue weighted by molar-refractivity contribution is 7.91. The lowest BCUT2D eigenvalue weighted by molar-refractivity contribution is 0.232. The van der Waals surface area contributed by atoms with Crippen LogP contribution in [0.25, 0.3) is 22.3 Å². The molecule has 3 heterocycles. The zero-order valence-corrected chi connectivity index (χ0v) is 19.6. The molecular weight excluding hydrogens is 490 g/mol. The molecule has 0 amide bonds. The SMILES string of the molecule is CCS(=O)(=O)c1ccc(On2c(-c3cnccn3)cc3ccc(Oc4c(F)cccc4F)cc32)cn1. The minimum absolute atomic E-state index is 0.0635. The Balaban J connectivity index is 1.59. The zero-order valence-electron chi connectivity index (χ0n) is 18.8. The van der Waals surface area contributed by atoms with Gasteiger partial charge in [-0.05, 0) is 42.5 Å². The van der Waals surface area contributed by atoms with E-state index >= 15 is 0 Å². The quantitative estimate of drug-likeness (QED) is 0.298. The van der Waals surface area contributed by atoms with Crippen LogP contribution in [0.4, 0.5) is 8.78 Å². The number of benzene rings is 2. The largest absolute Gasteiger partial charge is 0.451 e. The van der Waals surface area contributed by atoms with Crippen molar-refractivity contribution in [2.45, 2.75) is 11.9 Å². The minimum atomic E-state index is -3.47. The van der Waals surface area contributed by atoms with E-state index in [9.17, 15) is 17.2 Å². The molecule has 0 spiro atoms. The van der Waals surface area contributed by atoms with Gasteiger partial charge in [0.15, 0.2) is 38.0 Å². The summed E-state index contributed by atoms with van der Waals surface area (Å²) in [6.45, 7) is 1.54. The first kappa shape index (κ1) is 23.4. The Morgan fingerprint density at radius 3 is 2.36 bits per heavy atom. The average Bonchev–Trinajstić information content (AvgIpc) is 3.25. The van der Waals surface area contributed by atoms with E-state index in [1.54, 1.807) is 30.5 Å². The molecule has 182 valence electrons. The van der Waals surface area contributed by atoms with Crippen molar-refractivity contribution in [2.24, 2.45) is 0 Å². The van der Waals surface area contributed by atoms with E-state index in [0.717, 1.165) is 17.5 Å². The molecule has 0 bridgehead atoms. The van der Waals surface area contributed by atoms with Gasteiger partial charge >= 0.3 is 0 Å². The Morgan fingerprint density at radius 1 is 0.917 bits per heavy atom. The van der Waals surface area contributed by atoms with Gasteiger partial charge in [-0.15, -0.1) is 0 Å². The molecule has 0 atom stereocenters. The zero-order chi connectivity index (χ0) is 25.3. The van der Waals surface area contributed by atoms with E-state index in [0.29, 0.717) is 16.9 Å². The number of sulfone groups is 1. The highest BCUT2D eigenvalue weighted by atomic mass is 32.2. The monoisotopic (exact) mass is 508 g/mol. The maximum Gasteiger partial charge on any atom is 0.198 e. The normalized spacial score (nSPS) is 11.5. The molecule has 5 aromatic rings. The number of aromatic nitrogens is 4. The molecule has 0 unspecified atom stereocenters. The summed E-state index contributed by atoms with van der Waals surface area (Å²) in [7, 11) is -3.47. The van der Waals surface area contributed by atoms with Gasteiger partial charge in [0.05, 0.1) is 23.7 Å². The molecule has 0 radical (unpaired) electrons. The van der Waals surface area contributed by atoms with Crippen molar-refractivity contribution in [3.63, 3.8) is 0 Å². The summed E-state index contributed by atoms with van der Waals surface area (Å²) in [6, 6.07) is 12.9. The highest BCUT2D eigenvalue weighted by Gasteiger charge is 2.18. The maximum atomic E-state index is 14.1. The van der Waals surface area contributed by atoms with Crippen molar-refractivity contribution in [3.05, 3.63) is 91.0 Å². The van der Waals surface area contributed by atoms with Crippen molar-refractivity contribution in [3.8, 4) is 28.6 Å². The third kappa shape index (κ3) is 4.48. The van der Waals surface area contributed by atoms with E-state index < -0.39 is 27.2 Å². The number of hydrogen-bond donors (Lipinski definition) is 0. The van der Waals surface area contributed by atoms with Crippen LogP contribution in [0, 0.1) is 11.6 Å². The van der Waals surface area contributed by atoms with Crippen LogP contribution in [0.3, 0.4) is 0 Å². The molecular formula is C25H18F2N4O4S. The molecule has 0 saturated carbocycles. The van der Waals surface area contributed by atoms with Gasteiger partial charge in [0.25, 0.3) is 0 Å². The fraction of sp³-hybridized carbons (Fsp3) is 0.0800.